The van der Waals surface area contributed by atoms with E-state index in [0.29, 0.717) is 12.1 Å². The van der Waals surface area contributed by atoms with E-state index in [4.69, 9.17) is 0 Å². The van der Waals surface area contributed by atoms with E-state index in [1.807, 2.05) is 30.5 Å². The number of nitrogens with zero attached hydrogens (tertiary/aromatic N) is 5. The maximum Gasteiger partial charge on any atom is 0.253 e. The maximum atomic E-state index is 12.1. The van der Waals surface area contributed by atoms with Gasteiger partial charge in [-0.25, -0.2) is 4.98 Å². The van der Waals surface area contributed by atoms with Crippen LogP contribution in [-0.4, -0.2) is 87.6 Å². The molecule has 1 aliphatic heterocycles. The van der Waals surface area contributed by atoms with Crippen LogP contribution in [0.15, 0.2) is 47.6 Å². The zero-order chi connectivity index (χ0) is 22.9. The molecule has 3 rings (SSSR count). The topological polar surface area (TPSA) is 76.1 Å². The normalized spacial score (nSPS) is 14.9. The van der Waals surface area contributed by atoms with Crippen molar-refractivity contribution >= 4 is 17.7 Å². The second kappa shape index (κ2) is 11.5. The van der Waals surface area contributed by atoms with Crippen molar-refractivity contribution in [2.24, 2.45) is 4.99 Å². The predicted molar refractivity (Wildman–Crippen MR) is 130 cm³/mol. The number of hydrogen-bond acceptors (Lipinski definition) is 5. The van der Waals surface area contributed by atoms with Gasteiger partial charge in [-0.15, -0.1) is 0 Å². The van der Waals surface area contributed by atoms with Crippen molar-refractivity contribution in [3.05, 3.63) is 59.3 Å². The molecule has 1 aromatic heterocycles. The molecule has 0 radical (unpaired) electrons. The largest absolute Gasteiger partial charge is 0.356 e. The van der Waals surface area contributed by atoms with E-state index in [9.17, 15) is 4.79 Å². The molecule has 1 aliphatic rings. The van der Waals surface area contributed by atoms with Crippen molar-refractivity contribution in [1.29, 1.82) is 0 Å². The second-order valence-corrected chi connectivity index (χ2v) is 8.32. The van der Waals surface area contributed by atoms with Crippen molar-refractivity contribution in [1.82, 2.24) is 25.4 Å². The number of benzene rings is 1. The highest BCUT2D eigenvalue weighted by Gasteiger charge is 2.15. The van der Waals surface area contributed by atoms with Crippen molar-refractivity contribution in [2.75, 3.05) is 65.8 Å². The number of carbonyl (C=O) groups excluding carboxylic acids is 1. The fourth-order valence-electron chi connectivity index (χ4n) is 3.59. The number of likely N-dealkylation sites (N-methyl/N-ethyl adjacent to an activating group) is 1. The Morgan fingerprint density at radius 2 is 1.88 bits per heavy atom. The molecule has 1 aromatic carbocycles. The molecule has 2 heterocycles. The summed E-state index contributed by atoms with van der Waals surface area (Å²) in [4.78, 5) is 27.4. The number of piperazine rings is 1. The molecule has 8 nitrogen and oxygen atoms in total. The molecule has 0 saturated carbocycles. The van der Waals surface area contributed by atoms with Crippen molar-refractivity contribution in [3.8, 4) is 0 Å². The van der Waals surface area contributed by atoms with Crippen LogP contribution in [-0.2, 0) is 13.0 Å². The number of amides is 1. The average molecular weight is 438 g/mol. The summed E-state index contributed by atoms with van der Waals surface area (Å²) in [5, 5.41) is 6.68. The molecule has 8 heteroatoms. The van der Waals surface area contributed by atoms with Crippen LogP contribution in [0.3, 0.4) is 0 Å². The van der Waals surface area contributed by atoms with Crippen LogP contribution in [0.4, 0.5) is 5.82 Å². The van der Waals surface area contributed by atoms with E-state index in [0.717, 1.165) is 62.0 Å². The number of aromatic nitrogens is 1. The summed E-state index contributed by atoms with van der Waals surface area (Å²) < 4.78 is 0. The van der Waals surface area contributed by atoms with Gasteiger partial charge in [0.15, 0.2) is 5.96 Å². The van der Waals surface area contributed by atoms with E-state index in [1.54, 1.807) is 26.0 Å². The predicted octanol–water partition coefficient (Wildman–Crippen LogP) is 1.44. The van der Waals surface area contributed by atoms with Gasteiger partial charge in [-0.1, -0.05) is 18.2 Å². The van der Waals surface area contributed by atoms with Gasteiger partial charge in [-0.05, 0) is 42.8 Å². The lowest BCUT2D eigenvalue weighted by molar-refractivity contribution is 0.0827. The summed E-state index contributed by atoms with van der Waals surface area (Å²) in [7, 11) is 7.45. The summed E-state index contributed by atoms with van der Waals surface area (Å²) in [6.07, 6.45) is 2.73. The third kappa shape index (κ3) is 6.68. The van der Waals surface area contributed by atoms with Gasteiger partial charge < -0.3 is 25.3 Å². The Labute approximate surface area is 191 Å². The zero-order valence-electron chi connectivity index (χ0n) is 19.6. The lowest BCUT2D eigenvalue weighted by Crippen LogP contribution is -2.44. The molecule has 0 unspecified atom stereocenters. The molecule has 0 atom stereocenters. The first-order chi connectivity index (χ1) is 15.5. The number of aliphatic imine (C=N–C) groups is 1. The summed E-state index contributed by atoms with van der Waals surface area (Å²) in [5.74, 6) is 1.80. The first kappa shape index (κ1) is 23.5. The first-order valence-electron chi connectivity index (χ1n) is 11.1. The van der Waals surface area contributed by atoms with Crippen LogP contribution in [0.2, 0.25) is 0 Å². The number of anilines is 1. The first-order valence-corrected chi connectivity index (χ1v) is 11.1. The highest BCUT2D eigenvalue weighted by molar-refractivity contribution is 5.94. The van der Waals surface area contributed by atoms with Gasteiger partial charge in [0.25, 0.3) is 5.91 Å². The number of rotatable bonds is 7. The molecule has 172 valence electrons. The van der Waals surface area contributed by atoms with Crippen LogP contribution >= 0.6 is 0 Å². The highest BCUT2D eigenvalue weighted by Crippen LogP contribution is 2.13. The number of pyridine rings is 1. The number of guanidine groups is 1. The summed E-state index contributed by atoms with van der Waals surface area (Å²) in [6, 6.07) is 12.0. The van der Waals surface area contributed by atoms with E-state index in [2.05, 4.69) is 49.6 Å². The fourth-order valence-corrected chi connectivity index (χ4v) is 3.59. The van der Waals surface area contributed by atoms with Crippen LogP contribution in [0.5, 0.6) is 0 Å². The van der Waals surface area contributed by atoms with Crippen LogP contribution in [0.1, 0.15) is 21.5 Å². The van der Waals surface area contributed by atoms with E-state index in [-0.39, 0.29) is 5.91 Å². The minimum Gasteiger partial charge on any atom is -0.356 e. The minimum absolute atomic E-state index is 0.0181. The Morgan fingerprint density at radius 3 is 2.53 bits per heavy atom. The number of nitrogens with one attached hydrogen (secondary N) is 2. The van der Waals surface area contributed by atoms with Gasteiger partial charge in [0.2, 0.25) is 0 Å². The smallest absolute Gasteiger partial charge is 0.253 e. The summed E-state index contributed by atoms with van der Waals surface area (Å²) in [5.41, 5.74) is 2.94. The molecule has 0 bridgehead atoms. The van der Waals surface area contributed by atoms with E-state index >= 15 is 0 Å². The lowest BCUT2D eigenvalue weighted by atomic mass is 10.1. The summed E-state index contributed by atoms with van der Waals surface area (Å²) in [6.45, 7) is 5.56. The Morgan fingerprint density at radius 1 is 1.09 bits per heavy atom. The van der Waals surface area contributed by atoms with E-state index < -0.39 is 0 Å². The minimum atomic E-state index is 0.0181. The van der Waals surface area contributed by atoms with Crippen LogP contribution in [0, 0.1) is 0 Å². The van der Waals surface area contributed by atoms with Gasteiger partial charge in [0.05, 0.1) is 0 Å². The summed E-state index contributed by atoms with van der Waals surface area (Å²) >= 11 is 0. The molecule has 2 aromatic rings. The van der Waals surface area contributed by atoms with Crippen molar-refractivity contribution in [3.63, 3.8) is 0 Å². The van der Waals surface area contributed by atoms with Gasteiger partial charge in [-0.3, -0.25) is 9.79 Å². The maximum absolute atomic E-state index is 12.1. The Balaban J connectivity index is 1.44. The molecule has 0 aliphatic carbocycles. The van der Waals surface area contributed by atoms with Gasteiger partial charge in [-0.2, -0.15) is 0 Å². The van der Waals surface area contributed by atoms with Gasteiger partial charge in [0, 0.05) is 72.2 Å². The standard InChI is InChI=1S/C24H35N7O/c1-25-24(26-11-10-19-6-5-7-21(16-19)23(32)29(2)3)28-18-20-8-9-22(27-17-20)31-14-12-30(4)13-15-31/h5-9,16-17H,10-15,18H2,1-4H3,(H2,25,26,28). The Bertz CT molecular complexity index is 903. The third-order valence-electron chi connectivity index (χ3n) is 5.61. The Kier molecular flexibility index (Phi) is 8.44. The second-order valence-electron chi connectivity index (χ2n) is 8.32. The average Bonchev–Trinajstić information content (AvgIpc) is 2.82. The highest BCUT2D eigenvalue weighted by atomic mass is 16.2. The van der Waals surface area contributed by atoms with Crippen molar-refractivity contribution < 1.29 is 4.79 Å². The molecule has 32 heavy (non-hydrogen) atoms. The molecule has 1 amide bonds. The quantitative estimate of drug-likeness (QED) is 0.504. The molecular weight excluding hydrogens is 402 g/mol. The monoisotopic (exact) mass is 437 g/mol. The Hall–Kier alpha value is -3.13. The number of carbonyl (C=O) groups is 1. The fraction of sp³-hybridized carbons (Fsp3) is 0.458. The molecule has 1 fully saturated rings. The van der Waals surface area contributed by atoms with Crippen LogP contribution < -0.4 is 15.5 Å². The molecule has 2 N–H and O–H groups in total. The lowest BCUT2D eigenvalue weighted by Gasteiger charge is -2.33. The molecular formula is C24H35N7O. The number of hydrogen-bond donors (Lipinski definition) is 2. The zero-order valence-corrected chi connectivity index (χ0v) is 19.6. The van der Waals surface area contributed by atoms with Crippen molar-refractivity contribution in [2.45, 2.75) is 13.0 Å². The SMILES string of the molecule is CN=C(NCCc1cccc(C(=O)N(C)C)c1)NCc1ccc(N2CCN(C)CC2)nc1. The molecule has 1 saturated heterocycles. The molecule has 0 spiro atoms. The third-order valence-corrected chi connectivity index (χ3v) is 5.61. The van der Waals surface area contributed by atoms with Gasteiger partial charge >= 0.3 is 0 Å². The van der Waals surface area contributed by atoms with Crippen LogP contribution in [0.25, 0.3) is 0 Å². The van der Waals surface area contributed by atoms with E-state index in [1.165, 1.54) is 0 Å². The van der Waals surface area contributed by atoms with Gasteiger partial charge in [0.1, 0.15) is 5.82 Å².